The molecule has 0 heterocycles. The van der Waals surface area contributed by atoms with Gasteiger partial charge in [0.2, 0.25) is 0 Å². The molecule has 0 spiro atoms. The summed E-state index contributed by atoms with van der Waals surface area (Å²) in [5.74, 6) is -0.600. The Hall–Kier alpha value is -0.990. The molecule has 0 aromatic heterocycles. The van der Waals surface area contributed by atoms with Crippen molar-refractivity contribution in [3.8, 4) is 0 Å². The molecule has 0 atom stereocenters. The maximum Gasteiger partial charge on any atom is 0.184 e. The van der Waals surface area contributed by atoms with Gasteiger partial charge in [0.15, 0.2) is 11.6 Å². The molecule has 0 amide bonds. The average molecular weight is 155 g/mol. The van der Waals surface area contributed by atoms with Gasteiger partial charge in [-0.05, 0) is 6.42 Å². The third-order valence-electron chi connectivity index (χ3n) is 1.37. The van der Waals surface area contributed by atoms with Crippen LogP contribution in [0.5, 0.6) is 0 Å². The monoisotopic (exact) mass is 155 g/mol. The summed E-state index contributed by atoms with van der Waals surface area (Å²) in [6.45, 7) is 4.00. The molecule has 62 valence electrons. The van der Waals surface area contributed by atoms with E-state index in [9.17, 15) is 9.59 Å². The van der Waals surface area contributed by atoms with E-state index in [1.807, 2.05) is 13.8 Å². The number of nitrogens with one attached hydrogen (secondary N) is 1. The van der Waals surface area contributed by atoms with Crippen LogP contribution in [0.1, 0.15) is 33.1 Å². The van der Waals surface area contributed by atoms with E-state index < -0.39 is 0 Å². The van der Waals surface area contributed by atoms with E-state index in [-0.39, 0.29) is 17.3 Å². The van der Waals surface area contributed by atoms with Gasteiger partial charge >= 0.3 is 0 Å². The van der Waals surface area contributed by atoms with Crippen LogP contribution >= 0.6 is 0 Å². The van der Waals surface area contributed by atoms with Crippen molar-refractivity contribution in [2.45, 2.75) is 33.1 Å². The van der Waals surface area contributed by atoms with E-state index in [0.29, 0.717) is 19.3 Å². The van der Waals surface area contributed by atoms with Gasteiger partial charge in [-0.15, -0.1) is 0 Å². The maximum absolute atomic E-state index is 10.6. The summed E-state index contributed by atoms with van der Waals surface area (Å²) in [6, 6.07) is 0. The molecule has 11 heavy (non-hydrogen) atoms. The Kier molecular flexibility index (Phi) is 4.34. The number of hydrogen-bond acceptors (Lipinski definition) is 3. The normalized spacial score (nSPS) is 17.5. The Balaban J connectivity index is 0.000000461. The highest BCUT2D eigenvalue weighted by Gasteiger charge is 2.22. The van der Waals surface area contributed by atoms with Gasteiger partial charge in [0, 0.05) is 12.8 Å². The number of Topliss-reactive ketones (excluding diaryl/α,β-unsaturated/α-hetero) is 2. The minimum atomic E-state index is -0.304. The van der Waals surface area contributed by atoms with E-state index in [0.717, 1.165) is 0 Å². The SMILES string of the molecule is CC.N=C1C(=O)CCCC1=O. The molecule has 0 bridgehead atoms. The second-order valence-corrected chi connectivity index (χ2v) is 2.07. The number of carbonyl (C=O) groups excluding carboxylic acids is 2. The molecule has 1 N–H and O–H groups in total. The van der Waals surface area contributed by atoms with Crippen LogP contribution < -0.4 is 0 Å². The Bertz CT molecular complexity index is 167. The topological polar surface area (TPSA) is 58.0 Å². The summed E-state index contributed by atoms with van der Waals surface area (Å²) in [4.78, 5) is 21.1. The quantitative estimate of drug-likeness (QED) is 0.574. The lowest BCUT2D eigenvalue weighted by Gasteiger charge is -2.06. The molecule has 0 aromatic carbocycles. The highest BCUT2D eigenvalue weighted by Crippen LogP contribution is 2.06. The Morgan fingerprint density at radius 2 is 1.45 bits per heavy atom. The lowest BCUT2D eigenvalue weighted by Crippen LogP contribution is -2.27. The first-order valence-electron chi connectivity index (χ1n) is 3.87. The van der Waals surface area contributed by atoms with Crippen LogP contribution in [0.3, 0.4) is 0 Å². The van der Waals surface area contributed by atoms with Crippen molar-refractivity contribution in [3.05, 3.63) is 0 Å². The first-order valence-corrected chi connectivity index (χ1v) is 3.87. The molecule has 0 aliphatic heterocycles. The number of ketones is 2. The molecular weight excluding hydrogens is 142 g/mol. The van der Waals surface area contributed by atoms with Crippen molar-refractivity contribution in [2.75, 3.05) is 0 Å². The largest absolute Gasteiger partial charge is 0.294 e. The molecule has 3 nitrogen and oxygen atoms in total. The van der Waals surface area contributed by atoms with Gasteiger partial charge in [-0.1, -0.05) is 13.8 Å². The van der Waals surface area contributed by atoms with E-state index >= 15 is 0 Å². The predicted molar refractivity (Wildman–Crippen MR) is 42.9 cm³/mol. The molecule has 0 radical (unpaired) electrons. The van der Waals surface area contributed by atoms with Crippen LogP contribution in [0.2, 0.25) is 0 Å². The number of carbonyl (C=O) groups is 2. The van der Waals surface area contributed by atoms with Crippen LogP contribution in [0.4, 0.5) is 0 Å². The zero-order valence-corrected chi connectivity index (χ0v) is 6.94. The van der Waals surface area contributed by atoms with E-state index in [4.69, 9.17) is 5.41 Å². The molecule has 1 aliphatic carbocycles. The lowest BCUT2D eigenvalue weighted by atomic mass is 9.96. The summed E-state index contributed by atoms with van der Waals surface area (Å²) in [6.07, 6.45) is 1.38. The second-order valence-electron chi connectivity index (χ2n) is 2.07. The molecule has 1 rings (SSSR count). The van der Waals surface area contributed by atoms with Crippen molar-refractivity contribution in [1.29, 1.82) is 5.41 Å². The molecular formula is C8H13NO2. The van der Waals surface area contributed by atoms with Crippen LogP contribution in [0, 0.1) is 5.41 Å². The molecule has 0 unspecified atom stereocenters. The standard InChI is InChI=1S/C6H7NO2.C2H6/c7-6-4(8)2-1-3-5(6)9;1-2/h7H,1-3H2;1-2H3. The van der Waals surface area contributed by atoms with Gasteiger partial charge in [-0.25, -0.2) is 0 Å². The summed E-state index contributed by atoms with van der Waals surface area (Å²) < 4.78 is 0. The minimum Gasteiger partial charge on any atom is -0.294 e. The highest BCUT2D eigenvalue weighted by atomic mass is 16.2. The minimum absolute atomic E-state index is 0.300. The van der Waals surface area contributed by atoms with Crippen molar-refractivity contribution in [1.82, 2.24) is 0 Å². The molecule has 0 saturated heterocycles. The van der Waals surface area contributed by atoms with Gasteiger partial charge in [-0.3, -0.25) is 15.0 Å². The maximum atomic E-state index is 10.6. The van der Waals surface area contributed by atoms with Crippen molar-refractivity contribution in [3.63, 3.8) is 0 Å². The molecule has 0 aromatic rings. The first-order chi connectivity index (χ1) is 5.22. The summed E-state index contributed by atoms with van der Waals surface area (Å²) in [5.41, 5.74) is -0.304. The summed E-state index contributed by atoms with van der Waals surface area (Å²) >= 11 is 0. The van der Waals surface area contributed by atoms with Crippen molar-refractivity contribution in [2.24, 2.45) is 0 Å². The third-order valence-corrected chi connectivity index (χ3v) is 1.37. The number of rotatable bonds is 0. The van der Waals surface area contributed by atoms with Crippen LogP contribution in [0.15, 0.2) is 0 Å². The summed E-state index contributed by atoms with van der Waals surface area (Å²) in [7, 11) is 0. The molecule has 1 fully saturated rings. The Labute approximate surface area is 66.3 Å². The predicted octanol–water partition coefficient (Wildman–Crippen LogP) is 1.35. The number of hydrogen-bond donors (Lipinski definition) is 1. The summed E-state index contributed by atoms with van der Waals surface area (Å²) in [5, 5.41) is 6.90. The Morgan fingerprint density at radius 3 is 1.73 bits per heavy atom. The van der Waals surface area contributed by atoms with Gasteiger partial charge in [0.05, 0.1) is 0 Å². The van der Waals surface area contributed by atoms with Crippen LogP contribution in [-0.2, 0) is 9.59 Å². The first kappa shape index (κ1) is 10.0. The smallest absolute Gasteiger partial charge is 0.184 e. The average Bonchev–Trinajstić information content (AvgIpc) is 2.04. The van der Waals surface area contributed by atoms with E-state index in [2.05, 4.69) is 0 Å². The fraction of sp³-hybridized carbons (Fsp3) is 0.625. The van der Waals surface area contributed by atoms with Crippen LogP contribution in [0.25, 0.3) is 0 Å². The van der Waals surface area contributed by atoms with Crippen molar-refractivity contribution < 1.29 is 9.59 Å². The van der Waals surface area contributed by atoms with Crippen LogP contribution in [-0.4, -0.2) is 17.3 Å². The lowest BCUT2D eigenvalue weighted by molar-refractivity contribution is -0.119. The molecule has 1 saturated carbocycles. The fourth-order valence-corrected chi connectivity index (χ4v) is 0.815. The molecule has 1 aliphatic rings. The van der Waals surface area contributed by atoms with Crippen molar-refractivity contribution >= 4 is 17.3 Å². The molecule has 3 heteroatoms. The van der Waals surface area contributed by atoms with Gasteiger partial charge in [0.1, 0.15) is 5.71 Å². The third kappa shape index (κ3) is 2.62. The van der Waals surface area contributed by atoms with Gasteiger partial charge in [0.25, 0.3) is 0 Å². The zero-order valence-electron chi connectivity index (χ0n) is 6.94. The van der Waals surface area contributed by atoms with E-state index in [1.165, 1.54) is 0 Å². The fourth-order valence-electron chi connectivity index (χ4n) is 0.815. The van der Waals surface area contributed by atoms with E-state index in [1.54, 1.807) is 0 Å². The Morgan fingerprint density at radius 1 is 1.09 bits per heavy atom. The van der Waals surface area contributed by atoms with Gasteiger partial charge < -0.3 is 0 Å². The highest BCUT2D eigenvalue weighted by molar-refractivity contribution is 6.65. The van der Waals surface area contributed by atoms with Gasteiger partial charge in [-0.2, -0.15) is 0 Å². The second kappa shape index (κ2) is 4.77. The zero-order chi connectivity index (χ0) is 8.85.